The van der Waals surface area contributed by atoms with E-state index in [1.165, 1.54) is 0 Å². The predicted molar refractivity (Wildman–Crippen MR) is 104 cm³/mol. The van der Waals surface area contributed by atoms with Crippen LogP contribution in [-0.2, 0) is 6.61 Å². The van der Waals surface area contributed by atoms with Gasteiger partial charge in [0.05, 0.1) is 5.56 Å². The third kappa shape index (κ3) is 5.87. The molecule has 0 saturated heterocycles. The molecule has 1 aromatic carbocycles. The van der Waals surface area contributed by atoms with Crippen LogP contribution in [0, 0.1) is 11.3 Å². The minimum Gasteiger partial charge on any atom is -0.484 e. The fourth-order valence-electron chi connectivity index (χ4n) is 2.91. The van der Waals surface area contributed by atoms with Gasteiger partial charge in [0, 0.05) is 25.2 Å². The van der Waals surface area contributed by atoms with Crippen molar-refractivity contribution in [2.75, 3.05) is 13.1 Å². The lowest BCUT2D eigenvalue weighted by molar-refractivity contribution is 0.0908. The summed E-state index contributed by atoms with van der Waals surface area (Å²) in [7, 11) is 0. The fourth-order valence-corrected chi connectivity index (χ4v) is 2.91. The monoisotopic (exact) mass is 369 g/mol. The third-order valence-electron chi connectivity index (χ3n) is 4.25. The number of nitriles is 1. The second kappa shape index (κ2) is 9.79. The molecular weight excluding hydrogens is 342 g/mol. The molecule has 2 aromatic rings. The Kier molecular flexibility index (Phi) is 7.44. The van der Waals surface area contributed by atoms with Crippen LogP contribution in [-0.4, -0.2) is 36.0 Å². The average molecular weight is 369 g/mol. The minimum atomic E-state index is -0.244. The van der Waals surface area contributed by atoms with Crippen molar-refractivity contribution in [1.82, 2.24) is 10.2 Å². The van der Waals surface area contributed by atoms with Crippen LogP contribution in [0.2, 0.25) is 0 Å². The van der Waals surface area contributed by atoms with E-state index in [2.05, 4.69) is 44.0 Å². The molecule has 27 heavy (non-hydrogen) atoms. The van der Waals surface area contributed by atoms with Gasteiger partial charge >= 0.3 is 0 Å². The summed E-state index contributed by atoms with van der Waals surface area (Å²) >= 11 is 0. The van der Waals surface area contributed by atoms with Gasteiger partial charge in [0.25, 0.3) is 5.91 Å². The van der Waals surface area contributed by atoms with E-state index in [9.17, 15) is 4.79 Å². The lowest BCUT2D eigenvalue weighted by Crippen LogP contribution is -2.42. The Morgan fingerprint density at radius 2 is 1.89 bits per heavy atom. The van der Waals surface area contributed by atoms with E-state index in [1.807, 2.05) is 0 Å². The van der Waals surface area contributed by atoms with Crippen LogP contribution >= 0.6 is 0 Å². The highest BCUT2D eigenvalue weighted by molar-refractivity contribution is 5.91. The summed E-state index contributed by atoms with van der Waals surface area (Å²) in [4.78, 5) is 14.6. The van der Waals surface area contributed by atoms with Crippen LogP contribution in [0.3, 0.4) is 0 Å². The van der Waals surface area contributed by atoms with E-state index in [0.29, 0.717) is 35.7 Å². The molecule has 1 aromatic heterocycles. The van der Waals surface area contributed by atoms with Gasteiger partial charge in [-0.05, 0) is 52.0 Å². The number of nitrogens with one attached hydrogen (secondary N) is 1. The van der Waals surface area contributed by atoms with Crippen molar-refractivity contribution in [2.24, 2.45) is 0 Å². The zero-order chi connectivity index (χ0) is 19.8. The first-order valence-corrected chi connectivity index (χ1v) is 9.17. The number of para-hydroxylation sites is 1. The summed E-state index contributed by atoms with van der Waals surface area (Å²) in [5, 5.41) is 12.0. The van der Waals surface area contributed by atoms with Crippen LogP contribution in [0.15, 0.2) is 40.8 Å². The van der Waals surface area contributed by atoms with E-state index >= 15 is 0 Å². The maximum absolute atomic E-state index is 12.2. The fraction of sp³-hybridized carbons (Fsp3) is 0.429. The standard InChI is InChI=1S/C21H27N3O3/c1-15(2)24(16(3)4)12-11-23-21(25)20-10-9-18(27-20)14-26-19-8-6-5-7-17(19)13-22/h5-10,15-16H,11-12,14H2,1-4H3,(H,23,25). The van der Waals surface area contributed by atoms with Crippen LogP contribution < -0.4 is 10.1 Å². The Morgan fingerprint density at radius 3 is 2.56 bits per heavy atom. The van der Waals surface area contributed by atoms with Gasteiger partial charge in [-0.1, -0.05) is 12.1 Å². The molecule has 0 fully saturated rings. The average Bonchev–Trinajstić information content (AvgIpc) is 3.12. The van der Waals surface area contributed by atoms with Crippen LogP contribution in [0.5, 0.6) is 5.75 Å². The highest BCUT2D eigenvalue weighted by atomic mass is 16.5. The molecule has 6 heteroatoms. The molecule has 1 amide bonds. The topological polar surface area (TPSA) is 78.5 Å². The Labute approximate surface area is 160 Å². The summed E-state index contributed by atoms with van der Waals surface area (Å²) < 4.78 is 11.2. The van der Waals surface area contributed by atoms with E-state index in [1.54, 1.807) is 36.4 Å². The normalized spacial score (nSPS) is 11.0. The van der Waals surface area contributed by atoms with Gasteiger partial charge in [-0.25, -0.2) is 0 Å². The second-order valence-electron chi connectivity index (χ2n) is 6.84. The number of hydrogen-bond acceptors (Lipinski definition) is 5. The molecule has 2 rings (SSSR count). The number of benzene rings is 1. The molecule has 1 N–H and O–H groups in total. The highest BCUT2D eigenvalue weighted by Gasteiger charge is 2.15. The Hall–Kier alpha value is -2.78. The molecule has 0 saturated carbocycles. The van der Waals surface area contributed by atoms with Gasteiger partial charge in [0.2, 0.25) is 0 Å². The second-order valence-corrected chi connectivity index (χ2v) is 6.84. The minimum absolute atomic E-state index is 0.153. The molecule has 0 unspecified atom stereocenters. The van der Waals surface area contributed by atoms with Crippen molar-refractivity contribution >= 4 is 5.91 Å². The van der Waals surface area contributed by atoms with Crippen molar-refractivity contribution < 1.29 is 13.9 Å². The van der Waals surface area contributed by atoms with E-state index < -0.39 is 0 Å². The smallest absolute Gasteiger partial charge is 0.287 e. The van der Waals surface area contributed by atoms with E-state index in [0.717, 1.165) is 6.54 Å². The summed E-state index contributed by atoms with van der Waals surface area (Å²) in [5.41, 5.74) is 0.460. The summed E-state index contributed by atoms with van der Waals surface area (Å²) in [6.07, 6.45) is 0. The van der Waals surface area contributed by atoms with E-state index in [-0.39, 0.29) is 18.3 Å². The first-order chi connectivity index (χ1) is 12.9. The van der Waals surface area contributed by atoms with Gasteiger partial charge in [0.15, 0.2) is 5.76 Å². The number of amides is 1. The number of nitrogens with zero attached hydrogens (tertiary/aromatic N) is 2. The summed E-state index contributed by atoms with van der Waals surface area (Å²) in [5.74, 6) is 1.03. The Balaban J connectivity index is 1.86. The number of carbonyl (C=O) groups is 1. The lowest BCUT2D eigenvalue weighted by atomic mass is 10.2. The molecule has 1 heterocycles. The number of hydrogen-bond donors (Lipinski definition) is 1. The third-order valence-corrected chi connectivity index (χ3v) is 4.25. The van der Waals surface area contributed by atoms with Gasteiger partial charge < -0.3 is 14.5 Å². The molecule has 0 radical (unpaired) electrons. The predicted octanol–water partition coefficient (Wildman–Crippen LogP) is 3.58. The van der Waals surface area contributed by atoms with Crippen molar-refractivity contribution in [1.29, 1.82) is 5.26 Å². The van der Waals surface area contributed by atoms with Crippen molar-refractivity contribution in [3.05, 3.63) is 53.5 Å². The molecule has 0 bridgehead atoms. The molecule has 0 aliphatic carbocycles. The zero-order valence-corrected chi connectivity index (χ0v) is 16.4. The Bertz CT molecular complexity index is 782. The van der Waals surface area contributed by atoms with Crippen molar-refractivity contribution in [3.63, 3.8) is 0 Å². The largest absolute Gasteiger partial charge is 0.484 e. The number of furan rings is 1. The number of carbonyl (C=O) groups excluding carboxylic acids is 1. The first kappa shape index (κ1) is 20.5. The zero-order valence-electron chi connectivity index (χ0n) is 16.4. The molecule has 0 aliphatic heterocycles. The van der Waals surface area contributed by atoms with Crippen molar-refractivity contribution in [2.45, 2.75) is 46.4 Å². The van der Waals surface area contributed by atoms with E-state index in [4.69, 9.17) is 14.4 Å². The van der Waals surface area contributed by atoms with Crippen LogP contribution in [0.4, 0.5) is 0 Å². The van der Waals surface area contributed by atoms with Crippen LogP contribution in [0.25, 0.3) is 0 Å². The summed E-state index contributed by atoms with van der Waals surface area (Å²) in [6, 6.07) is 13.3. The lowest BCUT2D eigenvalue weighted by Gasteiger charge is -2.30. The Morgan fingerprint density at radius 1 is 1.19 bits per heavy atom. The maximum atomic E-state index is 12.2. The van der Waals surface area contributed by atoms with Gasteiger partial charge in [0.1, 0.15) is 24.2 Å². The number of rotatable bonds is 9. The SMILES string of the molecule is CC(C)N(CCNC(=O)c1ccc(COc2ccccc2C#N)o1)C(C)C. The molecule has 0 aliphatic rings. The maximum Gasteiger partial charge on any atom is 0.287 e. The quantitative estimate of drug-likeness (QED) is 0.731. The molecular formula is C21H27N3O3. The van der Waals surface area contributed by atoms with Gasteiger partial charge in [-0.3, -0.25) is 9.69 Å². The molecule has 144 valence electrons. The van der Waals surface area contributed by atoms with Crippen molar-refractivity contribution in [3.8, 4) is 11.8 Å². The van der Waals surface area contributed by atoms with Gasteiger partial charge in [-0.2, -0.15) is 5.26 Å². The summed E-state index contributed by atoms with van der Waals surface area (Å²) in [6.45, 7) is 10.1. The number of ether oxygens (including phenoxy) is 1. The highest BCUT2D eigenvalue weighted by Crippen LogP contribution is 2.19. The molecule has 0 spiro atoms. The first-order valence-electron chi connectivity index (χ1n) is 9.17. The molecule has 0 atom stereocenters. The van der Waals surface area contributed by atoms with Gasteiger partial charge in [-0.15, -0.1) is 0 Å². The van der Waals surface area contributed by atoms with Crippen LogP contribution in [0.1, 0.15) is 49.6 Å². The molecule has 6 nitrogen and oxygen atoms in total.